The number of dihydropyridines is 1. The number of ether oxygens (including phenoxy) is 2. The Labute approximate surface area is 201 Å². The molecule has 178 valence electrons. The van der Waals surface area contributed by atoms with Gasteiger partial charge in [-0.1, -0.05) is 6.08 Å². The molecular formula is C27H32N4O3. The molecule has 1 atom stereocenters. The molecule has 2 aromatic rings. The van der Waals surface area contributed by atoms with Gasteiger partial charge in [0.05, 0.1) is 25.4 Å². The molecule has 1 saturated heterocycles. The molecule has 5 rings (SSSR count). The average molecular weight is 461 g/mol. The van der Waals surface area contributed by atoms with Gasteiger partial charge in [0, 0.05) is 44.0 Å². The number of pyridine rings is 1. The van der Waals surface area contributed by atoms with E-state index < -0.39 is 0 Å². The van der Waals surface area contributed by atoms with Crippen LogP contribution < -0.4 is 15.0 Å². The van der Waals surface area contributed by atoms with Gasteiger partial charge in [-0.2, -0.15) is 0 Å². The summed E-state index contributed by atoms with van der Waals surface area (Å²) in [6, 6.07) is 8.14. The number of amides is 1. The zero-order chi connectivity index (χ0) is 23.7. The minimum Gasteiger partial charge on any atom is -0.491 e. The lowest BCUT2D eigenvalue weighted by Crippen LogP contribution is -2.46. The van der Waals surface area contributed by atoms with Gasteiger partial charge in [0.15, 0.2) is 0 Å². The summed E-state index contributed by atoms with van der Waals surface area (Å²) in [5.41, 5.74) is 4.98. The quantitative estimate of drug-likeness (QED) is 0.738. The van der Waals surface area contributed by atoms with Crippen LogP contribution in [0.4, 0.5) is 5.82 Å². The molecular weight excluding hydrogens is 428 g/mol. The van der Waals surface area contributed by atoms with Crippen molar-refractivity contribution in [2.75, 3.05) is 44.8 Å². The van der Waals surface area contributed by atoms with E-state index in [4.69, 9.17) is 14.5 Å². The smallest absolute Gasteiger partial charge is 0.254 e. The van der Waals surface area contributed by atoms with Crippen LogP contribution in [0.2, 0.25) is 0 Å². The average Bonchev–Trinajstić information content (AvgIpc) is 2.87. The number of morpholine rings is 1. The number of hydrogen-bond acceptors (Lipinski definition) is 6. The number of nitrogens with zero attached hydrogens (tertiary/aromatic N) is 3. The number of carbonyl (C=O) groups is 1. The standard InChI is InChI=1S/C27H32N4O3/c1-18(2)34-21-13-22(19-6-7-26(29-17-19)31-9-11-33-12-10-31)23-15-25(20-5-4-8-28-16-20)30(3)27(32)24(23)14-21/h4-8,13-14,17-18,25,28H,9-12,15-16H2,1-3H3. The van der Waals surface area contributed by atoms with E-state index in [-0.39, 0.29) is 18.1 Å². The van der Waals surface area contributed by atoms with Crippen molar-refractivity contribution < 1.29 is 14.3 Å². The Kier molecular flexibility index (Phi) is 6.28. The third-order valence-electron chi connectivity index (χ3n) is 6.66. The first-order valence-electron chi connectivity index (χ1n) is 12.0. The van der Waals surface area contributed by atoms with Crippen molar-refractivity contribution in [2.24, 2.45) is 0 Å². The number of allylic oxidation sites excluding steroid dienone is 2. The SMILES string of the molecule is CC(C)Oc1cc2c(c(-c3ccc(N4CCOCC4)nc3)c1)CC(C1=CC=CNC1)N(C)C2=O. The lowest BCUT2D eigenvalue weighted by molar-refractivity contribution is 0.0730. The summed E-state index contributed by atoms with van der Waals surface area (Å²) in [5, 5.41) is 3.28. The van der Waals surface area contributed by atoms with Crippen LogP contribution in [0.1, 0.15) is 29.8 Å². The summed E-state index contributed by atoms with van der Waals surface area (Å²) < 4.78 is 11.5. The van der Waals surface area contributed by atoms with Crippen molar-refractivity contribution in [3.05, 3.63) is 65.5 Å². The number of aromatic nitrogens is 1. The number of likely N-dealkylation sites (N-methyl/N-ethyl adjacent to an activating group) is 1. The van der Waals surface area contributed by atoms with Gasteiger partial charge in [0.25, 0.3) is 5.91 Å². The number of nitrogens with one attached hydrogen (secondary N) is 1. The Hall–Kier alpha value is -3.32. The molecule has 1 fully saturated rings. The first-order chi connectivity index (χ1) is 16.5. The molecule has 1 N–H and O–H groups in total. The fourth-order valence-corrected chi connectivity index (χ4v) is 4.92. The minimum atomic E-state index is 0.00801. The lowest BCUT2D eigenvalue weighted by atomic mass is 9.84. The maximum absolute atomic E-state index is 13.5. The zero-order valence-corrected chi connectivity index (χ0v) is 20.1. The number of carbonyl (C=O) groups excluding carboxylic acids is 1. The molecule has 3 aliphatic rings. The van der Waals surface area contributed by atoms with Gasteiger partial charge >= 0.3 is 0 Å². The highest BCUT2D eigenvalue weighted by Crippen LogP contribution is 2.37. The summed E-state index contributed by atoms with van der Waals surface area (Å²) in [5.74, 6) is 1.69. The predicted molar refractivity (Wildman–Crippen MR) is 133 cm³/mol. The van der Waals surface area contributed by atoms with E-state index in [1.54, 1.807) is 0 Å². The highest BCUT2D eigenvalue weighted by molar-refractivity contribution is 6.00. The van der Waals surface area contributed by atoms with Gasteiger partial charge in [0.1, 0.15) is 11.6 Å². The van der Waals surface area contributed by atoms with E-state index in [1.165, 1.54) is 5.57 Å². The van der Waals surface area contributed by atoms with Gasteiger partial charge in [-0.05, 0) is 73.5 Å². The molecule has 1 aromatic heterocycles. The Morgan fingerprint density at radius 2 is 1.97 bits per heavy atom. The third kappa shape index (κ3) is 4.40. The van der Waals surface area contributed by atoms with E-state index in [0.717, 1.165) is 61.8 Å². The number of rotatable bonds is 5. The van der Waals surface area contributed by atoms with Gasteiger partial charge in [-0.3, -0.25) is 4.79 Å². The summed E-state index contributed by atoms with van der Waals surface area (Å²) in [6.07, 6.45) is 8.74. The topological polar surface area (TPSA) is 66.9 Å². The van der Waals surface area contributed by atoms with Crippen molar-refractivity contribution >= 4 is 11.7 Å². The van der Waals surface area contributed by atoms with Gasteiger partial charge in [0.2, 0.25) is 0 Å². The van der Waals surface area contributed by atoms with E-state index in [9.17, 15) is 4.79 Å². The molecule has 0 bridgehead atoms. The van der Waals surface area contributed by atoms with Gasteiger partial charge in [-0.25, -0.2) is 4.98 Å². The van der Waals surface area contributed by atoms with Crippen molar-refractivity contribution in [3.63, 3.8) is 0 Å². The largest absolute Gasteiger partial charge is 0.491 e. The van der Waals surface area contributed by atoms with E-state index in [1.807, 2.05) is 50.3 Å². The maximum atomic E-state index is 13.5. The van der Waals surface area contributed by atoms with Crippen LogP contribution >= 0.6 is 0 Å². The van der Waals surface area contributed by atoms with E-state index in [0.29, 0.717) is 11.3 Å². The molecule has 4 heterocycles. The summed E-state index contributed by atoms with van der Waals surface area (Å²) in [6.45, 7) is 7.88. The molecule has 1 unspecified atom stereocenters. The highest BCUT2D eigenvalue weighted by atomic mass is 16.5. The lowest BCUT2D eigenvalue weighted by Gasteiger charge is -2.37. The normalized spacial score (nSPS) is 20.2. The van der Waals surface area contributed by atoms with Crippen molar-refractivity contribution in [3.8, 4) is 16.9 Å². The second-order valence-electron chi connectivity index (χ2n) is 9.29. The molecule has 0 saturated carbocycles. The molecule has 7 heteroatoms. The Balaban J connectivity index is 1.55. The van der Waals surface area contributed by atoms with Crippen LogP contribution in [0, 0.1) is 0 Å². The van der Waals surface area contributed by atoms with Crippen LogP contribution in [-0.4, -0.2) is 67.8 Å². The summed E-state index contributed by atoms with van der Waals surface area (Å²) in [7, 11) is 1.89. The molecule has 1 amide bonds. The molecule has 0 aliphatic carbocycles. The highest BCUT2D eigenvalue weighted by Gasteiger charge is 2.34. The van der Waals surface area contributed by atoms with Gasteiger partial charge < -0.3 is 24.6 Å². The van der Waals surface area contributed by atoms with Crippen LogP contribution in [0.25, 0.3) is 11.1 Å². The summed E-state index contributed by atoms with van der Waals surface area (Å²) >= 11 is 0. The van der Waals surface area contributed by atoms with Gasteiger partial charge in [-0.15, -0.1) is 0 Å². The molecule has 34 heavy (non-hydrogen) atoms. The molecule has 3 aliphatic heterocycles. The third-order valence-corrected chi connectivity index (χ3v) is 6.66. The fraction of sp³-hybridized carbons (Fsp3) is 0.407. The molecule has 0 spiro atoms. The number of fused-ring (bicyclic) bond motifs is 1. The minimum absolute atomic E-state index is 0.00801. The van der Waals surface area contributed by atoms with Crippen molar-refractivity contribution in [2.45, 2.75) is 32.4 Å². The second kappa shape index (κ2) is 9.50. The predicted octanol–water partition coefficient (Wildman–Crippen LogP) is 3.41. The second-order valence-corrected chi connectivity index (χ2v) is 9.29. The Morgan fingerprint density at radius 1 is 1.18 bits per heavy atom. The van der Waals surface area contributed by atoms with E-state index >= 15 is 0 Å². The van der Waals surface area contributed by atoms with Crippen LogP contribution in [-0.2, 0) is 11.2 Å². The number of benzene rings is 1. The van der Waals surface area contributed by atoms with Crippen LogP contribution in [0.3, 0.4) is 0 Å². The monoisotopic (exact) mass is 460 g/mol. The summed E-state index contributed by atoms with van der Waals surface area (Å²) in [4.78, 5) is 22.4. The molecule has 0 radical (unpaired) electrons. The van der Waals surface area contributed by atoms with Crippen LogP contribution in [0.15, 0.2) is 54.4 Å². The molecule has 1 aromatic carbocycles. The van der Waals surface area contributed by atoms with Crippen molar-refractivity contribution in [1.29, 1.82) is 0 Å². The first kappa shape index (κ1) is 22.5. The fourth-order valence-electron chi connectivity index (χ4n) is 4.92. The first-order valence-corrected chi connectivity index (χ1v) is 12.0. The number of hydrogen-bond donors (Lipinski definition) is 1. The van der Waals surface area contributed by atoms with Crippen molar-refractivity contribution in [1.82, 2.24) is 15.2 Å². The Bertz CT molecular complexity index is 1120. The zero-order valence-electron chi connectivity index (χ0n) is 20.1. The van der Waals surface area contributed by atoms with Crippen LogP contribution in [0.5, 0.6) is 5.75 Å². The Morgan fingerprint density at radius 3 is 2.65 bits per heavy atom. The maximum Gasteiger partial charge on any atom is 0.254 e. The number of anilines is 1. The molecule has 7 nitrogen and oxygen atoms in total. The van der Waals surface area contributed by atoms with E-state index in [2.05, 4.69) is 34.5 Å².